The van der Waals surface area contributed by atoms with Gasteiger partial charge in [0.25, 0.3) is 0 Å². The molecule has 0 N–H and O–H groups in total. The molecular formula is C47H42Br2FN3O4. The summed E-state index contributed by atoms with van der Waals surface area (Å²) in [5.41, 5.74) is 5.23. The second kappa shape index (κ2) is 22.2. The van der Waals surface area contributed by atoms with Crippen LogP contribution in [0, 0.1) is 5.82 Å². The Morgan fingerprint density at radius 3 is 1.28 bits per heavy atom. The smallest absolute Gasteiger partial charge is 0.131 e. The predicted octanol–water partition coefficient (Wildman–Crippen LogP) is 13.1. The lowest BCUT2D eigenvalue weighted by atomic mass is 10.2. The molecule has 10 heteroatoms. The molecule has 0 spiro atoms. The molecule has 0 unspecified atom stereocenters. The molecule has 0 fully saturated rings. The van der Waals surface area contributed by atoms with Crippen LogP contribution >= 0.6 is 31.9 Å². The number of unbranched alkanes of at least 4 members (excludes halogenated alkanes) is 2. The summed E-state index contributed by atoms with van der Waals surface area (Å²) < 4.78 is 39.7. The molecule has 290 valence electrons. The summed E-state index contributed by atoms with van der Waals surface area (Å²) in [7, 11) is 0. The topological polar surface area (TPSA) is 74.0 Å². The molecule has 0 bridgehead atoms. The normalized spacial score (nSPS) is 11.4. The van der Waals surface area contributed by atoms with Crippen LogP contribution in [-0.4, -0.2) is 45.1 Å². The van der Waals surface area contributed by atoms with Gasteiger partial charge >= 0.3 is 0 Å². The molecule has 57 heavy (non-hydrogen) atoms. The minimum Gasteiger partial charge on any atom is -0.494 e. The third-order valence-corrected chi connectivity index (χ3v) is 9.50. The lowest BCUT2D eigenvalue weighted by molar-refractivity contribution is 0.259. The molecule has 6 rings (SSSR count). The van der Waals surface area contributed by atoms with E-state index in [4.69, 9.17) is 18.9 Å². The van der Waals surface area contributed by atoms with E-state index >= 15 is 0 Å². The molecule has 0 saturated heterocycles. The maximum absolute atomic E-state index is 13.4. The van der Waals surface area contributed by atoms with Crippen molar-refractivity contribution in [3.63, 3.8) is 0 Å². The molecule has 0 aromatic heterocycles. The Labute approximate surface area is 350 Å². The van der Waals surface area contributed by atoms with Crippen LogP contribution in [0.15, 0.2) is 163 Å². The molecule has 0 aliphatic heterocycles. The first-order valence-electron chi connectivity index (χ1n) is 18.7. The standard InChI is InChI=1S/C47H42Br2FN3O4/c48-38-10-16-41(17-11-38)51-32-35-5-22-44(23-6-35)54-27-1-2-29-56-46-26-9-37(34-53-43-20-14-40(50)15-21-43)47(31-46)57-30-4-3-28-55-45-24-7-36(8-25-45)33-52-42-18-12-39(49)13-19-42/h5-26,31-34H,1-4,27-30H2. The van der Waals surface area contributed by atoms with Crippen molar-refractivity contribution < 1.29 is 23.3 Å². The van der Waals surface area contributed by atoms with Crippen LogP contribution < -0.4 is 18.9 Å². The second-order valence-corrected chi connectivity index (χ2v) is 14.7. The van der Waals surface area contributed by atoms with Crippen LogP contribution in [0.3, 0.4) is 0 Å². The Bertz CT molecular complexity index is 2210. The van der Waals surface area contributed by atoms with Crippen molar-refractivity contribution >= 4 is 67.6 Å². The molecule has 7 nitrogen and oxygen atoms in total. The van der Waals surface area contributed by atoms with E-state index in [9.17, 15) is 4.39 Å². The van der Waals surface area contributed by atoms with Crippen molar-refractivity contribution in [3.8, 4) is 23.0 Å². The van der Waals surface area contributed by atoms with E-state index in [1.165, 1.54) is 12.1 Å². The molecule has 0 aliphatic carbocycles. The zero-order chi connectivity index (χ0) is 39.5. The molecule has 0 saturated carbocycles. The van der Waals surface area contributed by atoms with Crippen molar-refractivity contribution in [2.45, 2.75) is 25.7 Å². The van der Waals surface area contributed by atoms with Gasteiger partial charge in [0.05, 0.1) is 43.5 Å². The monoisotopic (exact) mass is 889 g/mol. The van der Waals surface area contributed by atoms with E-state index in [0.29, 0.717) is 43.6 Å². The third-order valence-electron chi connectivity index (χ3n) is 8.44. The highest BCUT2D eigenvalue weighted by molar-refractivity contribution is 9.10. The van der Waals surface area contributed by atoms with Gasteiger partial charge in [-0.05, 0) is 170 Å². The predicted molar refractivity (Wildman–Crippen MR) is 236 cm³/mol. The lowest BCUT2D eigenvalue weighted by Crippen LogP contribution is -2.05. The van der Waals surface area contributed by atoms with E-state index in [0.717, 1.165) is 74.2 Å². The van der Waals surface area contributed by atoms with E-state index in [2.05, 4.69) is 46.8 Å². The number of aliphatic imine (C=N–C) groups is 3. The van der Waals surface area contributed by atoms with Gasteiger partial charge in [0.2, 0.25) is 0 Å². The highest BCUT2D eigenvalue weighted by Crippen LogP contribution is 2.26. The first-order valence-corrected chi connectivity index (χ1v) is 20.3. The number of nitrogens with zero attached hydrogens (tertiary/aromatic N) is 3. The van der Waals surface area contributed by atoms with Crippen molar-refractivity contribution in [2.75, 3.05) is 26.4 Å². The summed E-state index contributed by atoms with van der Waals surface area (Å²) in [6.07, 6.45) is 8.67. The molecule has 0 heterocycles. The average molecular weight is 892 g/mol. The largest absolute Gasteiger partial charge is 0.494 e. The Balaban J connectivity index is 0.929. The first-order chi connectivity index (χ1) is 27.9. The van der Waals surface area contributed by atoms with Crippen LogP contribution in [0.25, 0.3) is 0 Å². The molecule has 0 atom stereocenters. The number of rotatable bonds is 20. The summed E-state index contributed by atoms with van der Waals surface area (Å²) in [5, 5.41) is 0. The van der Waals surface area contributed by atoms with Gasteiger partial charge in [-0.2, -0.15) is 0 Å². The lowest BCUT2D eigenvalue weighted by Gasteiger charge is -2.13. The molecule has 6 aromatic rings. The van der Waals surface area contributed by atoms with E-state index in [-0.39, 0.29) is 5.82 Å². The quantitative estimate of drug-likeness (QED) is 0.0565. The molecule has 0 radical (unpaired) electrons. The Morgan fingerprint density at radius 1 is 0.421 bits per heavy atom. The van der Waals surface area contributed by atoms with Crippen LogP contribution in [0.2, 0.25) is 0 Å². The van der Waals surface area contributed by atoms with Gasteiger partial charge in [-0.1, -0.05) is 31.9 Å². The average Bonchev–Trinajstić information content (AvgIpc) is 3.24. The van der Waals surface area contributed by atoms with Crippen LogP contribution in [0.4, 0.5) is 21.5 Å². The molecule has 0 aliphatic rings. The maximum Gasteiger partial charge on any atom is 0.131 e. The maximum atomic E-state index is 13.4. The minimum atomic E-state index is -0.303. The van der Waals surface area contributed by atoms with Crippen molar-refractivity contribution in [1.29, 1.82) is 0 Å². The zero-order valence-electron chi connectivity index (χ0n) is 31.3. The van der Waals surface area contributed by atoms with Gasteiger partial charge in [0.15, 0.2) is 0 Å². The first kappa shape index (κ1) is 41.1. The van der Waals surface area contributed by atoms with Gasteiger partial charge in [-0.25, -0.2) is 4.39 Å². The summed E-state index contributed by atoms with van der Waals surface area (Å²) in [6, 6.07) is 43.3. The van der Waals surface area contributed by atoms with Gasteiger partial charge < -0.3 is 18.9 Å². The van der Waals surface area contributed by atoms with Gasteiger partial charge in [-0.15, -0.1) is 0 Å². The fraction of sp³-hybridized carbons (Fsp3) is 0.170. The van der Waals surface area contributed by atoms with Crippen molar-refractivity contribution in [3.05, 3.63) is 171 Å². The number of hydrogen-bond donors (Lipinski definition) is 0. The molecule has 6 aromatic carbocycles. The Hall–Kier alpha value is -5.58. The number of ether oxygens (including phenoxy) is 4. The Morgan fingerprint density at radius 2 is 0.807 bits per heavy atom. The summed E-state index contributed by atoms with van der Waals surface area (Å²) in [6.45, 7) is 2.18. The van der Waals surface area contributed by atoms with Crippen LogP contribution in [0.5, 0.6) is 23.0 Å². The highest BCUT2D eigenvalue weighted by Gasteiger charge is 2.07. The SMILES string of the molecule is Fc1ccc(N=Cc2ccc(OCCCCOc3ccc(C=Nc4ccc(Br)cc4)cc3)cc2OCCCCOc2ccc(C=Nc3ccc(Br)cc3)cc2)cc1. The van der Waals surface area contributed by atoms with Crippen LogP contribution in [-0.2, 0) is 0 Å². The van der Waals surface area contributed by atoms with E-state index in [1.807, 2.05) is 128 Å². The minimum absolute atomic E-state index is 0.303. The fourth-order valence-corrected chi connectivity index (χ4v) is 5.85. The van der Waals surface area contributed by atoms with Crippen molar-refractivity contribution in [1.82, 2.24) is 0 Å². The number of benzene rings is 6. The fourth-order valence-electron chi connectivity index (χ4n) is 5.32. The van der Waals surface area contributed by atoms with Gasteiger partial charge in [-0.3, -0.25) is 15.0 Å². The van der Waals surface area contributed by atoms with Gasteiger partial charge in [0, 0.05) is 39.2 Å². The third kappa shape index (κ3) is 14.5. The Kier molecular flexibility index (Phi) is 16.0. The van der Waals surface area contributed by atoms with Crippen LogP contribution in [0.1, 0.15) is 42.4 Å². The second-order valence-electron chi connectivity index (χ2n) is 12.8. The number of halogens is 3. The summed E-state index contributed by atoms with van der Waals surface area (Å²) in [4.78, 5) is 13.6. The van der Waals surface area contributed by atoms with Gasteiger partial charge in [0.1, 0.15) is 28.8 Å². The highest BCUT2D eigenvalue weighted by atomic mass is 79.9. The van der Waals surface area contributed by atoms with Crippen molar-refractivity contribution in [2.24, 2.45) is 15.0 Å². The summed E-state index contributed by atoms with van der Waals surface area (Å²) in [5.74, 6) is 2.69. The molecule has 0 amide bonds. The zero-order valence-corrected chi connectivity index (χ0v) is 34.4. The molecular weight excluding hydrogens is 849 g/mol. The summed E-state index contributed by atoms with van der Waals surface area (Å²) >= 11 is 6.89. The van der Waals surface area contributed by atoms with E-state index in [1.54, 1.807) is 18.3 Å². The van der Waals surface area contributed by atoms with E-state index < -0.39 is 0 Å². The number of hydrogen-bond acceptors (Lipinski definition) is 7.